The van der Waals surface area contributed by atoms with Crippen LogP contribution in [0.3, 0.4) is 0 Å². The lowest BCUT2D eigenvalue weighted by atomic mass is 10.0. The first-order valence-corrected chi connectivity index (χ1v) is 9.32. The second-order valence-electron chi connectivity index (χ2n) is 6.12. The van der Waals surface area contributed by atoms with Crippen molar-refractivity contribution in [3.63, 3.8) is 0 Å². The number of hydrogen-bond acceptors (Lipinski definition) is 5. The van der Waals surface area contributed by atoms with Gasteiger partial charge >= 0.3 is 5.97 Å². The molecule has 0 saturated heterocycles. The minimum Gasteiger partial charge on any atom is -0.480 e. The highest BCUT2D eigenvalue weighted by Gasteiger charge is 2.22. The van der Waals surface area contributed by atoms with E-state index in [1.54, 1.807) is 12.1 Å². The number of anilines is 1. The Morgan fingerprint density at radius 1 is 1.31 bits per heavy atom. The predicted octanol–water partition coefficient (Wildman–Crippen LogP) is 4.86. The Bertz CT molecular complexity index is 924. The van der Waals surface area contributed by atoms with Gasteiger partial charge in [-0.05, 0) is 31.0 Å². The molecule has 0 bridgehead atoms. The minimum absolute atomic E-state index is 0.300. The van der Waals surface area contributed by atoms with E-state index in [1.165, 1.54) is 29.8 Å². The number of carboxylic acids is 1. The molecule has 1 atom stereocenters. The predicted molar refractivity (Wildman–Crippen MR) is 102 cm³/mol. The monoisotopic (exact) mass is 373 g/mol. The van der Waals surface area contributed by atoms with Crippen molar-refractivity contribution in [3.8, 4) is 11.1 Å². The molecular weight excluding hydrogens is 353 g/mol. The summed E-state index contributed by atoms with van der Waals surface area (Å²) in [5.41, 5.74) is 1.76. The van der Waals surface area contributed by atoms with E-state index in [0.29, 0.717) is 12.2 Å². The van der Waals surface area contributed by atoms with Gasteiger partial charge in [-0.25, -0.2) is 19.2 Å². The van der Waals surface area contributed by atoms with E-state index >= 15 is 0 Å². The van der Waals surface area contributed by atoms with Crippen LogP contribution in [0.1, 0.15) is 31.1 Å². The Morgan fingerprint density at radius 2 is 2.04 bits per heavy atom. The van der Waals surface area contributed by atoms with Crippen molar-refractivity contribution < 1.29 is 14.3 Å². The third-order valence-electron chi connectivity index (χ3n) is 4.25. The third kappa shape index (κ3) is 3.67. The zero-order valence-corrected chi connectivity index (χ0v) is 15.4. The van der Waals surface area contributed by atoms with Gasteiger partial charge in [0.1, 0.15) is 28.8 Å². The molecule has 0 aliphatic heterocycles. The van der Waals surface area contributed by atoms with Crippen molar-refractivity contribution in [3.05, 3.63) is 41.3 Å². The number of benzene rings is 1. The van der Waals surface area contributed by atoms with Crippen molar-refractivity contribution in [2.24, 2.45) is 0 Å². The number of aromatic nitrogens is 2. The van der Waals surface area contributed by atoms with Gasteiger partial charge in [-0.3, -0.25) is 0 Å². The van der Waals surface area contributed by atoms with E-state index in [-0.39, 0.29) is 5.82 Å². The van der Waals surface area contributed by atoms with Crippen LogP contribution >= 0.6 is 11.3 Å². The Hall–Kier alpha value is -2.54. The van der Waals surface area contributed by atoms with Gasteiger partial charge in [0, 0.05) is 10.4 Å². The number of aryl methyl sites for hydroxylation is 1. The van der Waals surface area contributed by atoms with Gasteiger partial charge in [0.25, 0.3) is 0 Å². The number of thiophene rings is 1. The Morgan fingerprint density at radius 3 is 2.69 bits per heavy atom. The molecule has 2 heterocycles. The van der Waals surface area contributed by atoms with Crippen molar-refractivity contribution in [2.45, 2.75) is 39.2 Å². The van der Waals surface area contributed by atoms with E-state index in [1.807, 2.05) is 13.8 Å². The SMILES string of the molecule is CCCCC(Nc1ncnc2sc(C)c(-c3ccc(F)cc3)c12)C(=O)O. The lowest BCUT2D eigenvalue weighted by Gasteiger charge is -2.16. The van der Waals surface area contributed by atoms with Gasteiger partial charge in [0.2, 0.25) is 0 Å². The first-order valence-electron chi connectivity index (χ1n) is 8.50. The fourth-order valence-corrected chi connectivity index (χ4v) is 3.96. The number of rotatable bonds is 7. The van der Waals surface area contributed by atoms with Crippen molar-refractivity contribution in [2.75, 3.05) is 5.32 Å². The van der Waals surface area contributed by atoms with Crippen LogP contribution in [-0.4, -0.2) is 27.1 Å². The average Bonchev–Trinajstić information content (AvgIpc) is 2.95. The molecule has 0 aliphatic rings. The molecule has 0 amide bonds. The Kier molecular flexibility index (Phi) is 5.46. The fourth-order valence-electron chi connectivity index (χ4n) is 2.95. The van der Waals surface area contributed by atoms with Gasteiger partial charge in [-0.15, -0.1) is 11.3 Å². The summed E-state index contributed by atoms with van der Waals surface area (Å²) in [4.78, 5) is 22.0. The van der Waals surface area contributed by atoms with E-state index < -0.39 is 12.0 Å². The number of nitrogens with zero attached hydrogens (tertiary/aromatic N) is 2. The van der Waals surface area contributed by atoms with E-state index in [4.69, 9.17) is 0 Å². The Labute approximate surface area is 154 Å². The quantitative estimate of drug-likeness (QED) is 0.618. The number of unbranched alkanes of at least 4 members (excludes halogenated alkanes) is 1. The van der Waals surface area contributed by atoms with E-state index in [0.717, 1.165) is 39.1 Å². The average molecular weight is 373 g/mol. The normalized spacial score (nSPS) is 12.3. The number of carbonyl (C=O) groups is 1. The molecule has 1 unspecified atom stereocenters. The molecule has 3 rings (SSSR count). The van der Waals surface area contributed by atoms with Gasteiger partial charge < -0.3 is 10.4 Å². The van der Waals surface area contributed by atoms with Gasteiger partial charge in [-0.2, -0.15) is 0 Å². The highest BCUT2D eigenvalue weighted by molar-refractivity contribution is 7.19. The summed E-state index contributed by atoms with van der Waals surface area (Å²) in [7, 11) is 0. The molecule has 0 spiro atoms. The Balaban J connectivity index is 2.08. The summed E-state index contributed by atoms with van der Waals surface area (Å²) in [6, 6.07) is 5.54. The molecule has 136 valence electrons. The largest absolute Gasteiger partial charge is 0.480 e. The van der Waals surface area contributed by atoms with Crippen LogP contribution in [0, 0.1) is 12.7 Å². The summed E-state index contributed by atoms with van der Waals surface area (Å²) in [6.45, 7) is 4.00. The summed E-state index contributed by atoms with van der Waals surface area (Å²) >= 11 is 1.51. The third-order valence-corrected chi connectivity index (χ3v) is 5.27. The molecule has 1 aromatic carbocycles. The standard InChI is InChI=1S/C19H20FN3O2S/c1-3-4-5-14(19(24)25)23-17-16-15(12-6-8-13(20)9-7-12)11(2)26-18(16)22-10-21-17/h6-10,14H,3-5H2,1-2H3,(H,24,25)(H,21,22,23). The summed E-state index contributed by atoms with van der Waals surface area (Å²) in [5.74, 6) is -0.700. The molecular formula is C19H20FN3O2S. The maximum absolute atomic E-state index is 13.3. The number of nitrogens with one attached hydrogen (secondary N) is 1. The van der Waals surface area contributed by atoms with Crippen LogP contribution in [0.15, 0.2) is 30.6 Å². The van der Waals surface area contributed by atoms with Crippen LogP contribution in [0.4, 0.5) is 10.2 Å². The summed E-state index contributed by atoms with van der Waals surface area (Å²) in [5, 5.41) is 13.4. The molecule has 5 nitrogen and oxygen atoms in total. The van der Waals surface area contributed by atoms with Crippen LogP contribution in [0.5, 0.6) is 0 Å². The minimum atomic E-state index is -0.902. The number of aliphatic carboxylic acids is 1. The zero-order valence-electron chi connectivity index (χ0n) is 14.6. The molecule has 0 aliphatic carbocycles. The van der Waals surface area contributed by atoms with Crippen LogP contribution in [-0.2, 0) is 4.79 Å². The van der Waals surface area contributed by atoms with Crippen LogP contribution in [0.25, 0.3) is 21.3 Å². The van der Waals surface area contributed by atoms with Crippen molar-refractivity contribution in [1.82, 2.24) is 9.97 Å². The highest BCUT2D eigenvalue weighted by Crippen LogP contribution is 2.40. The number of fused-ring (bicyclic) bond motifs is 1. The van der Waals surface area contributed by atoms with E-state index in [2.05, 4.69) is 15.3 Å². The molecule has 3 aromatic rings. The lowest BCUT2D eigenvalue weighted by Crippen LogP contribution is -2.29. The van der Waals surface area contributed by atoms with Gasteiger partial charge in [-0.1, -0.05) is 31.9 Å². The molecule has 2 aromatic heterocycles. The van der Waals surface area contributed by atoms with E-state index in [9.17, 15) is 14.3 Å². The second-order valence-corrected chi connectivity index (χ2v) is 7.32. The summed E-state index contributed by atoms with van der Waals surface area (Å²) < 4.78 is 13.3. The molecule has 2 N–H and O–H groups in total. The highest BCUT2D eigenvalue weighted by atomic mass is 32.1. The maximum Gasteiger partial charge on any atom is 0.326 e. The molecule has 26 heavy (non-hydrogen) atoms. The first-order chi connectivity index (χ1) is 12.5. The maximum atomic E-state index is 13.3. The van der Waals surface area contributed by atoms with Crippen LogP contribution in [0.2, 0.25) is 0 Å². The fraction of sp³-hybridized carbons (Fsp3) is 0.316. The molecule has 0 fully saturated rings. The molecule has 0 radical (unpaired) electrons. The number of carboxylic acid groups (broad SMARTS) is 1. The smallest absolute Gasteiger partial charge is 0.326 e. The second kappa shape index (κ2) is 7.78. The van der Waals surface area contributed by atoms with Gasteiger partial charge in [0.05, 0.1) is 5.39 Å². The summed E-state index contributed by atoms with van der Waals surface area (Å²) in [6.07, 6.45) is 3.69. The number of hydrogen-bond donors (Lipinski definition) is 2. The van der Waals surface area contributed by atoms with Crippen molar-refractivity contribution >= 4 is 33.3 Å². The zero-order chi connectivity index (χ0) is 18.7. The van der Waals surface area contributed by atoms with Crippen molar-refractivity contribution in [1.29, 1.82) is 0 Å². The van der Waals surface area contributed by atoms with Crippen LogP contribution < -0.4 is 5.32 Å². The topological polar surface area (TPSA) is 75.1 Å². The lowest BCUT2D eigenvalue weighted by molar-refractivity contribution is -0.138. The first kappa shape index (κ1) is 18.3. The number of halogens is 1. The van der Waals surface area contributed by atoms with Gasteiger partial charge in [0.15, 0.2) is 0 Å². The molecule has 0 saturated carbocycles. The molecule has 7 heteroatoms.